The summed E-state index contributed by atoms with van der Waals surface area (Å²) in [5.74, 6) is 0.824. The molecule has 2 N–H and O–H groups in total. The number of carbonyl (C=O) groups excluding carboxylic acids is 1. The molecule has 100 valence electrons. The van der Waals surface area contributed by atoms with Crippen molar-refractivity contribution in [1.82, 2.24) is 5.32 Å². The van der Waals surface area contributed by atoms with Crippen LogP contribution in [0.25, 0.3) is 0 Å². The van der Waals surface area contributed by atoms with Crippen LogP contribution in [0.15, 0.2) is 0 Å². The van der Waals surface area contributed by atoms with E-state index in [-0.39, 0.29) is 24.0 Å². The summed E-state index contributed by atoms with van der Waals surface area (Å²) >= 11 is 0. The summed E-state index contributed by atoms with van der Waals surface area (Å²) in [6, 6.07) is 0. The maximum Gasteiger partial charge on any atom is 0.248 e. The quantitative estimate of drug-likeness (QED) is 0.676. The zero-order valence-electron chi connectivity index (χ0n) is 11.1. The summed E-state index contributed by atoms with van der Waals surface area (Å²) in [5.41, 5.74) is 0. The predicted octanol–water partition coefficient (Wildman–Crippen LogP) is 1.32. The zero-order chi connectivity index (χ0) is 12.8. The van der Waals surface area contributed by atoms with E-state index >= 15 is 0 Å². The Morgan fingerprint density at radius 3 is 2.59 bits per heavy atom. The normalized spacial score (nSPS) is 19.1. The molecule has 1 aliphatic carbocycles. The third-order valence-corrected chi connectivity index (χ3v) is 3.16. The van der Waals surface area contributed by atoms with Crippen molar-refractivity contribution in [2.75, 3.05) is 13.2 Å². The van der Waals surface area contributed by atoms with E-state index in [0.29, 0.717) is 25.5 Å². The lowest BCUT2D eigenvalue weighted by Crippen LogP contribution is -2.36. The number of hydrogen-bond acceptors (Lipinski definition) is 3. The fourth-order valence-electron chi connectivity index (χ4n) is 1.46. The molecule has 0 aliphatic heterocycles. The van der Waals surface area contributed by atoms with Gasteiger partial charge < -0.3 is 15.2 Å². The van der Waals surface area contributed by atoms with Gasteiger partial charge in [0.15, 0.2) is 0 Å². The van der Waals surface area contributed by atoms with Crippen molar-refractivity contribution < 1.29 is 14.6 Å². The summed E-state index contributed by atoms with van der Waals surface area (Å²) in [5, 5.41) is 12.4. The first kappa shape index (κ1) is 14.5. The van der Waals surface area contributed by atoms with Gasteiger partial charge in [-0.3, -0.25) is 4.79 Å². The third-order valence-electron chi connectivity index (χ3n) is 3.16. The second-order valence-electron chi connectivity index (χ2n) is 5.31. The molecule has 1 rings (SSSR count). The van der Waals surface area contributed by atoms with Crippen molar-refractivity contribution in [3.8, 4) is 0 Å². The van der Waals surface area contributed by atoms with Crippen molar-refractivity contribution in [2.45, 2.75) is 52.2 Å². The molecule has 1 aliphatic rings. The second-order valence-corrected chi connectivity index (χ2v) is 5.31. The molecule has 0 bridgehead atoms. The predicted molar refractivity (Wildman–Crippen MR) is 66.6 cm³/mol. The molecule has 4 heteroatoms. The molecule has 4 nitrogen and oxygen atoms in total. The molecule has 1 amide bonds. The highest BCUT2D eigenvalue weighted by Gasteiger charge is 2.23. The molecule has 17 heavy (non-hydrogen) atoms. The van der Waals surface area contributed by atoms with Crippen molar-refractivity contribution in [3.05, 3.63) is 0 Å². The van der Waals surface area contributed by atoms with E-state index in [1.807, 2.05) is 13.8 Å². The summed E-state index contributed by atoms with van der Waals surface area (Å²) in [6.07, 6.45) is 2.33. The van der Waals surface area contributed by atoms with E-state index < -0.39 is 0 Å². The fraction of sp³-hybridized carbons (Fsp3) is 0.923. The average molecular weight is 243 g/mol. The Labute approximate surface area is 104 Å². The molecule has 0 radical (unpaired) electrons. The van der Waals surface area contributed by atoms with Crippen LogP contribution in [-0.4, -0.2) is 36.4 Å². The van der Waals surface area contributed by atoms with E-state index in [2.05, 4.69) is 5.32 Å². The van der Waals surface area contributed by atoms with Gasteiger partial charge in [0, 0.05) is 6.54 Å². The molecule has 0 aromatic rings. The van der Waals surface area contributed by atoms with Crippen LogP contribution >= 0.6 is 0 Å². The highest BCUT2D eigenvalue weighted by Crippen LogP contribution is 2.29. The van der Waals surface area contributed by atoms with Gasteiger partial charge in [-0.25, -0.2) is 0 Å². The summed E-state index contributed by atoms with van der Waals surface area (Å²) in [7, 11) is 0. The standard InChI is InChI=1S/C13H25NO3/c1-9(2)12(15)6-7-14-13(16)10(3)17-8-11-4-5-11/h9-12,15H,4-8H2,1-3H3,(H,14,16). The fourth-order valence-corrected chi connectivity index (χ4v) is 1.46. The lowest BCUT2D eigenvalue weighted by Gasteiger charge is -2.16. The van der Waals surface area contributed by atoms with Gasteiger partial charge in [-0.15, -0.1) is 0 Å². The van der Waals surface area contributed by atoms with Crippen molar-refractivity contribution in [2.24, 2.45) is 11.8 Å². The minimum atomic E-state index is -0.383. The molecule has 0 aromatic heterocycles. The van der Waals surface area contributed by atoms with Gasteiger partial charge in [0.05, 0.1) is 12.7 Å². The van der Waals surface area contributed by atoms with Crippen LogP contribution in [0.2, 0.25) is 0 Å². The van der Waals surface area contributed by atoms with Crippen LogP contribution in [0, 0.1) is 11.8 Å². The van der Waals surface area contributed by atoms with Crippen LogP contribution in [0.4, 0.5) is 0 Å². The summed E-state index contributed by atoms with van der Waals surface area (Å²) in [6.45, 7) is 6.91. The highest BCUT2D eigenvalue weighted by atomic mass is 16.5. The monoisotopic (exact) mass is 243 g/mol. The second kappa shape index (κ2) is 6.97. The third kappa shape index (κ3) is 6.03. The molecular weight excluding hydrogens is 218 g/mol. The van der Waals surface area contributed by atoms with Gasteiger partial charge in [0.2, 0.25) is 5.91 Å². The Balaban J connectivity index is 2.06. The van der Waals surface area contributed by atoms with Crippen LogP contribution in [-0.2, 0) is 9.53 Å². The van der Waals surface area contributed by atoms with Crippen LogP contribution in [0.1, 0.15) is 40.0 Å². The molecule has 2 atom stereocenters. The topological polar surface area (TPSA) is 58.6 Å². The van der Waals surface area contributed by atoms with Gasteiger partial charge in [-0.1, -0.05) is 13.8 Å². The summed E-state index contributed by atoms with van der Waals surface area (Å²) < 4.78 is 5.46. The number of hydrogen-bond donors (Lipinski definition) is 2. The van der Waals surface area contributed by atoms with E-state index in [4.69, 9.17) is 4.74 Å². The van der Waals surface area contributed by atoms with E-state index in [9.17, 15) is 9.90 Å². The summed E-state index contributed by atoms with van der Waals surface area (Å²) in [4.78, 5) is 11.6. The van der Waals surface area contributed by atoms with E-state index in [1.165, 1.54) is 12.8 Å². The van der Waals surface area contributed by atoms with E-state index in [1.54, 1.807) is 6.92 Å². The first-order chi connectivity index (χ1) is 8.00. The van der Waals surface area contributed by atoms with Crippen LogP contribution < -0.4 is 5.32 Å². The van der Waals surface area contributed by atoms with Gasteiger partial charge in [0.25, 0.3) is 0 Å². The van der Waals surface area contributed by atoms with Gasteiger partial charge in [-0.05, 0) is 38.0 Å². The van der Waals surface area contributed by atoms with Crippen molar-refractivity contribution in [1.29, 1.82) is 0 Å². The number of rotatable bonds is 8. The molecule has 2 unspecified atom stereocenters. The lowest BCUT2D eigenvalue weighted by atomic mass is 10.0. The Hall–Kier alpha value is -0.610. The lowest BCUT2D eigenvalue weighted by molar-refractivity contribution is -0.132. The average Bonchev–Trinajstić information content (AvgIpc) is 3.09. The molecule has 0 heterocycles. The minimum absolute atomic E-state index is 0.0818. The Bertz CT molecular complexity index is 239. The number of aliphatic hydroxyl groups excluding tert-OH is 1. The van der Waals surface area contributed by atoms with Gasteiger partial charge in [-0.2, -0.15) is 0 Å². The molecule has 0 saturated heterocycles. The first-order valence-corrected chi connectivity index (χ1v) is 6.58. The number of ether oxygens (including phenoxy) is 1. The zero-order valence-corrected chi connectivity index (χ0v) is 11.1. The molecule has 1 saturated carbocycles. The van der Waals surface area contributed by atoms with Crippen LogP contribution in [0.5, 0.6) is 0 Å². The number of carbonyl (C=O) groups is 1. The minimum Gasteiger partial charge on any atom is -0.393 e. The molecule has 0 spiro atoms. The maximum atomic E-state index is 11.6. The molecular formula is C13H25NO3. The molecule has 0 aromatic carbocycles. The smallest absolute Gasteiger partial charge is 0.248 e. The number of aliphatic hydroxyl groups is 1. The molecule has 1 fully saturated rings. The largest absolute Gasteiger partial charge is 0.393 e. The number of nitrogens with one attached hydrogen (secondary N) is 1. The van der Waals surface area contributed by atoms with Crippen molar-refractivity contribution >= 4 is 5.91 Å². The van der Waals surface area contributed by atoms with Crippen LogP contribution in [0.3, 0.4) is 0 Å². The Kier molecular flexibility index (Phi) is 5.92. The SMILES string of the molecule is CC(OCC1CC1)C(=O)NCCC(O)C(C)C. The van der Waals surface area contributed by atoms with Crippen molar-refractivity contribution in [3.63, 3.8) is 0 Å². The Morgan fingerprint density at radius 2 is 2.06 bits per heavy atom. The number of amides is 1. The van der Waals surface area contributed by atoms with Gasteiger partial charge in [0.1, 0.15) is 6.10 Å². The van der Waals surface area contributed by atoms with Gasteiger partial charge >= 0.3 is 0 Å². The van der Waals surface area contributed by atoms with E-state index in [0.717, 1.165) is 0 Å². The maximum absolute atomic E-state index is 11.6. The first-order valence-electron chi connectivity index (χ1n) is 6.58. The highest BCUT2D eigenvalue weighted by molar-refractivity contribution is 5.80. The Morgan fingerprint density at radius 1 is 1.41 bits per heavy atom.